The molecule has 2 saturated heterocycles. The number of rotatable bonds is 2. The normalized spacial score (nSPS) is 20.1. The molecule has 0 bridgehead atoms. The number of carbonyl (C=O) groups is 1. The summed E-state index contributed by atoms with van der Waals surface area (Å²) in [6, 6.07) is 5.58. The third-order valence-corrected chi connectivity index (χ3v) is 4.93. The van der Waals surface area contributed by atoms with Crippen LogP contribution in [0, 0.1) is 0 Å². The Morgan fingerprint density at radius 2 is 2.00 bits per heavy atom. The molecule has 120 valence electrons. The van der Waals surface area contributed by atoms with Gasteiger partial charge in [0.15, 0.2) is 0 Å². The third-order valence-electron chi connectivity index (χ3n) is 4.93. The Morgan fingerprint density at radius 1 is 1.22 bits per heavy atom. The minimum absolute atomic E-state index is 0.0191. The zero-order valence-electron chi connectivity index (χ0n) is 13.0. The van der Waals surface area contributed by atoms with Crippen molar-refractivity contribution in [2.24, 2.45) is 0 Å². The van der Waals surface area contributed by atoms with Crippen LogP contribution in [0.5, 0.6) is 0 Å². The van der Waals surface area contributed by atoms with Gasteiger partial charge in [0.2, 0.25) is 0 Å². The molecule has 1 N–H and O–H groups in total. The van der Waals surface area contributed by atoms with Crippen molar-refractivity contribution in [3.8, 4) is 11.3 Å². The van der Waals surface area contributed by atoms with Gasteiger partial charge >= 0.3 is 0 Å². The molecule has 2 aliphatic rings. The molecule has 0 unspecified atom stereocenters. The molecule has 0 aromatic carbocycles. The summed E-state index contributed by atoms with van der Waals surface area (Å²) in [6.45, 7) is 2.37. The van der Waals surface area contributed by atoms with Gasteiger partial charge in [0.25, 0.3) is 5.91 Å². The van der Waals surface area contributed by atoms with Gasteiger partial charge < -0.3 is 9.64 Å². The van der Waals surface area contributed by atoms with E-state index in [1.807, 2.05) is 23.1 Å². The van der Waals surface area contributed by atoms with E-state index in [9.17, 15) is 4.79 Å². The number of H-pyrrole nitrogens is 1. The van der Waals surface area contributed by atoms with Gasteiger partial charge in [0.1, 0.15) is 5.69 Å². The summed E-state index contributed by atoms with van der Waals surface area (Å²) in [7, 11) is 0. The first-order valence-corrected chi connectivity index (χ1v) is 8.15. The first-order chi connectivity index (χ1) is 11.3. The van der Waals surface area contributed by atoms with E-state index in [0.29, 0.717) is 5.69 Å². The fourth-order valence-corrected chi connectivity index (χ4v) is 3.54. The lowest BCUT2D eigenvalue weighted by Crippen LogP contribution is -2.46. The van der Waals surface area contributed by atoms with Crippen molar-refractivity contribution in [3.63, 3.8) is 0 Å². The molecular formula is C17H20N4O2. The summed E-state index contributed by atoms with van der Waals surface area (Å²) in [6.07, 6.45) is 7.58. The number of ether oxygens (including phenoxy) is 1. The van der Waals surface area contributed by atoms with Gasteiger partial charge in [-0.25, -0.2) is 0 Å². The van der Waals surface area contributed by atoms with Crippen molar-refractivity contribution < 1.29 is 9.53 Å². The topological polar surface area (TPSA) is 71.1 Å². The molecule has 2 aromatic heterocycles. The van der Waals surface area contributed by atoms with Gasteiger partial charge in [-0.1, -0.05) is 0 Å². The Bertz CT molecular complexity index is 682. The number of hydrogen-bond acceptors (Lipinski definition) is 4. The molecule has 2 fully saturated rings. The van der Waals surface area contributed by atoms with Crippen LogP contribution < -0.4 is 0 Å². The first kappa shape index (κ1) is 14.4. The Morgan fingerprint density at radius 3 is 2.70 bits per heavy atom. The maximum Gasteiger partial charge on any atom is 0.271 e. The maximum absolute atomic E-state index is 12.6. The molecule has 0 radical (unpaired) electrons. The lowest BCUT2D eigenvalue weighted by atomic mass is 9.88. The van der Waals surface area contributed by atoms with E-state index in [-0.39, 0.29) is 11.5 Å². The minimum Gasteiger partial charge on any atom is -0.375 e. The molecule has 6 nitrogen and oxygen atoms in total. The Kier molecular flexibility index (Phi) is 3.61. The fraction of sp³-hybridized carbons (Fsp3) is 0.471. The smallest absolute Gasteiger partial charge is 0.271 e. The molecule has 0 atom stereocenters. The molecule has 6 heteroatoms. The van der Waals surface area contributed by atoms with E-state index < -0.39 is 0 Å². The van der Waals surface area contributed by atoms with Gasteiger partial charge in [-0.15, -0.1) is 0 Å². The zero-order chi connectivity index (χ0) is 15.7. The molecule has 4 heterocycles. The Labute approximate surface area is 134 Å². The highest BCUT2D eigenvalue weighted by Gasteiger charge is 2.39. The number of piperidine rings is 1. The number of aromatic amines is 1. The molecular weight excluding hydrogens is 292 g/mol. The van der Waals surface area contributed by atoms with Crippen LogP contribution in [0.2, 0.25) is 0 Å². The average molecular weight is 312 g/mol. The van der Waals surface area contributed by atoms with E-state index in [1.165, 1.54) is 0 Å². The van der Waals surface area contributed by atoms with E-state index >= 15 is 0 Å². The van der Waals surface area contributed by atoms with Crippen molar-refractivity contribution in [3.05, 3.63) is 36.3 Å². The number of hydrogen-bond donors (Lipinski definition) is 1. The lowest BCUT2D eigenvalue weighted by Gasteiger charge is -2.38. The SMILES string of the molecule is O=C(c1cc(-c2ccncc2)n[nH]1)N1CCC2(CCCO2)CC1. The zero-order valence-corrected chi connectivity index (χ0v) is 13.0. The maximum atomic E-state index is 12.6. The summed E-state index contributed by atoms with van der Waals surface area (Å²) in [5, 5.41) is 7.12. The fourth-order valence-electron chi connectivity index (χ4n) is 3.54. The molecule has 2 aliphatic heterocycles. The number of aromatic nitrogens is 3. The summed E-state index contributed by atoms with van der Waals surface area (Å²) >= 11 is 0. The lowest BCUT2D eigenvalue weighted by molar-refractivity contribution is -0.0388. The van der Waals surface area contributed by atoms with E-state index in [2.05, 4.69) is 15.2 Å². The van der Waals surface area contributed by atoms with Crippen molar-refractivity contribution in [2.45, 2.75) is 31.3 Å². The highest BCUT2D eigenvalue weighted by molar-refractivity contribution is 5.93. The van der Waals surface area contributed by atoms with Gasteiger partial charge in [-0.3, -0.25) is 14.9 Å². The van der Waals surface area contributed by atoms with Crippen molar-refractivity contribution in [1.82, 2.24) is 20.1 Å². The molecule has 23 heavy (non-hydrogen) atoms. The van der Waals surface area contributed by atoms with Crippen LogP contribution in [0.1, 0.15) is 36.2 Å². The number of likely N-dealkylation sites (tertiary alicyclic amines) is 1. The number of carbonyl (C=O) groups excluding carboxylic acids is 1. The number of nitrogens with zero attached hydrogens (tertiary/aromatic N) is 3. The predicted molar refractivity (Wildman–Crippen MR) is 84.9 cm³/mol. The summed E-state index contributed by atoms with van der Waals surface area (Å²) in [5.74, 6) is 0.0191. The molecule has 1 spiro atoms. The van der Waals surface area contributed by atoms with E-state index in [1.54, 1.807) is 12.4 Å². The van der Waals surface area contributed by atoms with Crippen LogP contribution >= 0.6 is 0 Å². The third kappa shape index (κ3) is 2.74. The van der Waals surface area contributed by atoms with Crippen LogP contribution in [0.25, 0.3) is 11.3 Å². The van der Waals surface area contributed by atoms with Crippen molar-refractivity contribution in [2.75, 3.05) is 19.7 Å². The second kappa shape index (κ2) is 5.77. The van der Waals surface area contributed by atoms with E-state index in [0.717, 1.165) is 56.6 Å². The Balaban J connectivity index is 1.45. The molecule has 0 saturated carbocycles. The van der Waals surface area contributed by atoms with Crippen LogP contribution in [0.15, 0.2) is 30.6 Å². The van der Waals surface area contributed by atoms with Crippen molar-refractivity contribution >= 4 is 5.91 Å². The van der Waals surface area contributed by atoms with Crippen molar-refractivity contribution in [1.29, 1.82) is 0 Å². The molecule has 4 rings (SSSR count). The highest BCUT2D eigenvalue weighted by Crippen LogP contribution is 2.35. The largest absolute Gasteiger partial charge is 0.375 e. The van der Waals surface area contributed by atoms with Gasteiger partial charge in [-0.2, -0.15) is 5.10 Å². The number of pyridine rings is 1. The quantitative estimate of drug-likeness (QED) is 0.923. The van der Waals surface area contributed by atoms with Crippen LogP contribution in [0.3, 0.4) is 0 Å². The average Bonchev–Trinajstić information content (AvgIpc) is 3.26. The van der Waals surface area contributed by atoms with Gasteiger partial charge in [0.05, 0.1) is 11.3 Å². The van der Waals surface area contributed by atoms with Crippen LogP contribution in [-0.2, 0) is 4.74 Å². The summed E-state index contributed by atoms with van der Waals surface area (Å²) in [4.78, 5) is 18.5. The van der Waals surface area contributed by atoms with E-state index in [4.69, 9.17) is 4.74 Å². The predicted octanol–water partition coefficient (Wildman–Crippen LogP) is 2.26. The highest BCUT2D eigenvalue weighted by atomic mass is 16.5. The summed E-state index contributed by atoms with van der Waals surface area (Å²) in [5.41, 5.74) is 2.29. The first-order valence-electron chi connectivity index (χ1n) is 8.15. The molecule has 1 amide bonds. The Hall–Kier alpha value is -2.21. The van der Waals surface area contributed by atoms with Crippen LogP contribution in [0.4, 0.5) is 0 Å². The summed E-state index contributed by atoms with van der Waals surface area (Å²) < 4.78 is 5.91. The second-order valence-corrected chi connectivity index (χ2v) is 6.33. The molecule has 0 aliphatic carbocycles. The molecule has 2 aromatic rings. The number of amides is 1. The minimum atomic E-state index is 0.0191. The monoisotopic (exact) mass is 312 g/mol. The standard InChI is InChI=1S/C17H20N4O2/c22-16(21-9-5-17(6-10-21)4-1-11-23-17)15-12-14(19-20-15)13-2-7-18-8-3-13/h2-3,7-8,12H,1,4-6,9-11H2,(H,19,20). The van der Waals surface area contributed by atoms with Crippen LogP contribution in [-0.4, -0.2) is 51.3 Å². The van der Waals surface area contributed by atoms with Gasteiger partial charge in [0, 0.05) is 37.7 Å². The van der Waals surface area contributed by atoms with Gasteiger partial charge in [-0.05, 0) is 43.9 Å². The number of nitrogens with one attached hydrogen (secondary N) is 1. The second-order valence-electron chi connectivity index (χ2n) is 6.33.